The molecule has 0 radical (unpaired) electrons. The topological polar surface area (TPSA) is 12.2 Å². The number of nitrogens with zero attached hydrogens (tertiary/aromatic N) is 1. The molecule has 2 nitrogen and oxygen atoms in total. The summed E-state index contributed by atoms with van der Waals surface area (Å²) in [4.78, 5) is 0. The van der Waals surface area contributed by atoms with Gasteiger partial charge in [0.25, 0.3) is 0 Å². The number of ether oxygens (including phenoxy) is 1. The zero-order valence-corrected chi connectivity index (χ0v) is 21.0. The summed E-state index contributed by atoms with van der Waals surface area (Å²) in [5, 5.41) is 1.40. The molecule has 5 rings (SSSR count). The number of para-hydroxylation sites is 1. The Morgan fingerprint density at radius 1 is 0.784 bits per heavy atom. The second-order valence-corrected chi connectivity index (χ2v) is 8.79. The lowest BCUT2D eigenvalue weighted by Crippen LogP contribution is -3.00. The molecule has 0 aromatic heterocycles. The molecule has 0 saturated heterocycles. The molecule has 0 spiro atoms. The summed E-state index contributed by atoms with van der Waals surface area (Å²) in [6.45, 7) is 0. The number of halogens is 6. The highest BCUT2D eigenvalue weighted by molar-refractivity contribution is 6.33. The molecule has 0 amide bonds. The zero-order valence-electron chi connectivity index (χ0n) is 19.5. The quantitative estimate of drug-likeness (QED) is 0.236. The second kappa shape index (κ2) is 12.6. The molecule has 2 aliphatic rings. The first-order valence-electron chi connectivity index (χ1n) is 10.9. The fraction of sp³-hybridized carbons (Fsp3) is 0.0357. The van der Waals surface area contributed by atoms with Crippen molar-refractivity contribution in [3.8, 4) is 0 Å². The van der Waals surface area contributed by atoms with Crippen LogP contribution >= 0.6 is 23.2 Å². The van der Waals surface area contributed by atoms with Crippen molar-refractivity contribution < 1.29 is 27.0 Å². The summed E-state index contributed by atoms with van der Waals surface area (Å²) in [7, 11) is -1.61. The van der Waals surface area contributed by atoms with Gasteiger partial charge in [0.05, 0.1) is 11.1 Å². The van der Waals surface area contributed by atoms with Crippen molar-refractivity contribution in [3.05, 3.63) is 130 Å². The van der Waals surface area contributed by atoms with Gasteiger partial charge in [-0.1, -0.05) is 47.5 Å². The highest BCUT2D eigenvalue weighted by Gasteiger charge is 2.22. The van der Waals surface area contributed by atoms with Crippen LogP contribution < -0.4 is 4.70 Å². The van der Waals surface area contributed by atoms with Crippen LogP contribution in [0.2, 0.25) is 10.0 Å². The molecule has 37 heavy (non-hydrogen) atoms. The molecule has 0 atom stereocenters. The van der Waals surface area contributed by atoms with Gasteiger partial charge in [-0.2, -0.15) is 0 Å². The molecule has 0 fully saturated rings. The predicted octanol–water partition coefficient (Wildman–Crippen LogP) is 5.66. The Bertz CT molecular complexity index is 1410. The van der Waals surface area contributed by atoms with Crippen molar-refractivity contribution >= 4 is 59.6 Å². The van der Waals surface area contributed by atoms with E-state index in [1.165, 1.54) is 11.3 Å². The highest BCUT2D eigenvalue weighted by Crippen LogP contribution is 2.34. The van der Waals surface area contributed by atoms with Gasteiger partial charge >= 0.3 is 7.54 Å². The van der Waals surface area contributed by atoms with Crippen molar-refractivity contribution in [1.29, 1.82) is 0 Å². The third kappa shape index (κ3) is 7.25. The van der Waals surface area contributed by atoms with Crippen LogP contribution in [0.15, 0.2) is 103 Å². The van der Waals surface area contributed by atoms with E-state index in [1.54, 1.807) is 0 Å². The Kier molecular flexibility index (Phi) is 9.56. The highest BCUT2D eigenvalue weighted by atomic mass is 35.5. The first-order chi connectivity index (χ1) is 17.3. The summed E-state index contributed by atoms with van der Waals surface area (Å²) in [6.07, 6.45) is 10.3. The number of benzene rings is 3. The molecule has 2 heterocycles. The Balaban J connectivity index is 0.000000711. The van der Waals surface area contributed by atoms with Crippen LogP contribution in [-0.2, 0) is 4.74 Å². The van der Waals surface area contributed by atoms with Crippen molar-refractivity contribution in [2.75, 3.05) is 7.05 Å². The zero-order chi connectivity index (χ0) is 25.7. The van der Waals surface area contributed by atoms with Crippen molar-refractivity contribution in [2.24, 2.45) is 0 Å². The van der Waals surface area contributed by atoms with E-state index in [0.717, 1.165) is 33.8 Å². The van der Waals surface area contributed by atoms with E-state index >= 15 is 0 Å². The summed E-state index contributed by atoms with van der Waals surface area (Å²) in [5.41, 5.74) is 6.63. The molecule has 9 heteroatoms. The van der Waals surface area contributed by atoms with Gasteiger partial charge in [-0.3, -0.25) is 12.9 Å². The maximum absolute atomic E-state index is 9.67. The summed E-state index contributed by atoms with van der Waals surface area (Å²) in [6, 6.07) is 23.9. The first-order valence-corrected chi connectivity index (χ1v) is 11.7. The molecule has 2 aliphatic heterocycles. The Morgan fingerprint density at radius 2 is 1.35 bits per heavy atom. The molecular weight excluding hydrogens is 524 g/mol. The largest absolute Gasteiger partial charge is 1.00 e. The summed E-state index contributed by atoms with van der Waals surface area (Å²) in [5.74, 6) is 1.53. The maximum Gasteiger partial charge on any atom is 0.762 e. The molecule has 0 aliphatic carbocycles. The lowest BCUT2D eigenvalue weighted by Gasteiger charge is -2.18. The minimum absolute atomic E-state index is 0. The van der Waals surface area contributed by atoms with Crippen molar-refractivity contribution in [1.82, 2.24) is 0 Å². The van der Waals surface area contributed by atoms with Gasteiger partial charge in [-0.25, -0.2) is 4.58 Å². The van der Waals surface area contributed by atoms with Crippen LogP contribution in [0.3, 0.4) is 0 Å². The van der Waals surface area contributed by atoms with Gasteiger partial charge in [0.15, 0.2) is 6.21 Å². The second-order valence-electron chi connectivity index (χ2n) is 7.92. The Morgan fingerprint density at radius 3 is 1.97 bits per heavy atom. The number of hydrogen-bond donors (Lipinski definition) is 0. The maximum atomic E-state index is 9.67. The molecule has 188 valence electrons. The first kappa shape index (κ1) is 28.0. The third-order valence-electron chi connectivity index (χ3n) is 5.47. The van der Waals surface area contributed by atoms with Crippen molar-refractivity contribution in [2.45, 2.75) is 0 Å². The van der Waals surface area contributed by atoms with E-state index in [9.17, 15) is 12.9 Å². The van der Waals surface area contributed by atoms with Crippen LogP contribution in [0.4, 0.5) is 18.6 Å². The number of fused-ring (bicyclic) bond motifs is 1. The Labute approximate surface area is 222 Å². The fourth-order valence-electron chi connectivity index (χ4n) is 3.85. The van der Waals surface area contributed by atoms with Crippen molar-refractivity contribution in [3.63, 3.8) is 0 Å². The minimum Gasteiger partial charge on any atom is -1.00 e. The predicted molar refractivity (Wildman–Crippen MR) is 143 cm³/mol. The third-order valence-corrected chi connectivity index (χ3v) is 5.98. The number of rotatable bonds is 3. The monoisotopic (exact) mass is 543 g/mol. The molecule has 0 unspecified atom stereocenters. The van der Waals surface area contributed by atoms with Crippen LogP contribution in [0.5, 0.6) is 0 Å². The van der Waals surface area contributed by atoms with E-state index in [-0.39, 0.29) is 4.70 Å². The van der Waals surface area contributed by atoms with E-state index in [4.69, 9.17) is 27.9 Å². The number of hydrogen-bond acceptors (Lipinski definition) is 1. The normalized spacial score (nSPS) is 15.9. The van der Waals surface area contributed by atoms with Crippen LogP contribution in [0.25, 0.3) is 16.9 Å². The van der Waals surface area contributed by atoms with E-state index in [2.05, 4.69) is 48.2 Å². The smallest absolute Gasteiger partial charge is 0.762 e. The fourth-order valence-corrected chi connectivity index (χ4v) is 4.10. The molecule has 3 aromatic carbocycles. The summed E-state index contributed by atoms with van der Waals surface area (Å²) >= 11 is 12.2. The SMILES string of the molecule is C[N+]1=CC(=CC=C2C=C(c3ccc(Cl)cc3)C=C(c3ccc(Cl)cc3)O2)c2ccccc21.FB(F)F.[F-]. The molecule has 0 bridgehead atoms. The van der Waals surface area contributed by atoms with Crippen LogP contribution in [0.1, 0.15) is 16.7 Å². The molecule has 3 aromatic rings. The minimum atomic E-state index is -3.67. The van der Waals surface area contributed by atoms with E-state index in [1.807, 2.05) is 66.8 Å². The van der Waals surface area contributed by atoms with Gasteiger partial charge in [0.1, 0.15) is 18.6 Å². The van der Waals surface area contributed by atoms with Gasteiger partial charge in [-0.15, -0.1) is 0 Å². The van der Waals surface area contributed by atoms with Crippen LogP contribution in [0, 0.1) is 0 Å². The van der Waals surface area contributed by atoms with E-state index < -0.39 is 7.54 Å². The van der Waals surface area contributed by atoms with Crippen LogP contribution in [-0.4, -0.2) is 25.4 Å². The van der Waals surface area contributed by atoms with Gasteiger partial charge in [0, 0.05) is 21.7 Å². The molecular formula is C28H20BCl2F4NO. The standard InChI is InChI=1S/C28H20Cl2NO.BF3.FH/c1-31-18-21(26-4-2-3-5-27(26)31)10-15-25-16-22(19-6-11-23(29)12-7-19)17-28(32-25)20-8-13-24(30)14-9-20;2-1(3)4;/h2-18H,1H3;;1H/q+1;;/p-1. The Hall–Kier alpha value is -3.55. The molecule has 0 N–H and O–H groups in total. The number of allylic oxidation sites excluding steroid dienone is 6. The van der Waals surface area contributed by atoms with Gasteiger partial charge in [-0.05, 0) is 77.9 Å². The van der Waals surface area contributed by atoms with E-state index in [0.29, 0.717) is 10.0 Å². The lowest BCUT2D eigenvalue weighted by molar-refractivity contribution is -0.395. The average molecular weight is 544 g/mol. The average Bonchev–Trinajstić information content (AvgIpc) is 3.19. The van der Waals surface area contributed by atoms with Gasteiger partial charge < -0.3 is 9.44 Å². The molecule has 0 saturated carbocycles. The van der Waals surface area contributed by atoms with Gasteiger partial charge in [0.2, 0.25) is 5.69 Å². The lowest BCUT2D eigenvalue weighted by atomic mass is 10.00. The summed E-state index contributed by atoms with van der Waals surface area (Å²) < 4.78 is 37.4.